The maximum atomic E-state index is 6.08. The van der Waals surface area contributed by atoms with Gasteiger partial charge in [-0.2, -0.15) is 0 Å². The van der Waals surface area contributed by atoms with Crippen molar-refractivity contribution >= 4 is 23.2 Å². The van der Waals surface area contributed by atoms with Crippen molar-refractivity contribution in [2.24, 2.45) is 4.99 Å². The summed E-state index contributed by atoms with van der Waals surface area (Å²) in [6.45, 7) is 6.26. The topological polar surface area (TPSA) is 42.9 Å². The Labute approximate surface area is 143 Å². The summed E-state index contributed by atoms with van der Waals surface area (Å²) in [5.74, 6) is 0.935. The predicted octanol–water partition coefficient (Wildman–Crippen LogP) is 1.79. The number of halogens is 1. The molecule has 1 saturated carbocycles. The van der Waals surface area contributed by atoms with Gasteiger partial charge in [0.15, 0.2) is 5.96 Å². The molecule has 2 fully saturated rings. The van der Waals surface area contributed by atoms with Crippen LogP contribution in [0.2, 0.25) is 5.02 Å². The van der Waals surface area contributed by atoms with Crippen molar-refractivity contribution < 1.29 is 0 Å². The Balaban J connectivity index is 1.37. The molecule has 2 aliphatic rings. The number of rotatable bonds is 5. The summed E-state index contributed by atoms with van der Waals surface area (Å²) >= 11 is 6.08. The number of anilines is 1. The molecule has 5 nitrogen and oxygen atoms in total. The predicted molar refractivity (Wildman–Crippen MR) is 97.6 cm³/mol. The minimum absolute atomic E-state index is 0.641. The van der Waals surface area contributed by atoms with Crippen LogP contribution >= 0.6 is 11.6 Å². The van der Waals surface area contributed by atoms with E-state index in [-0.39, 0.29) is 0 Å². The van der Waals surface area contributed by atoms with E-state index >= 15 is 0 Å². The molecule has 126 valence electrons. The Bertz CT molecular complexity index is 536. The van der Waals surface area contributed by atoms with Gasteiger partial charge in [0.25, 0.3) is 0 Å². The minimum Gasteiger partial charge on any atom is -0.369 e. The van der Waals surface area contributed by atoms with Gasteiger partial charge in [-0.3, -0.25) is 9.89 Å². The number of hydrogen-bond acceptors (Lipinski definition) is 3. The molecule has 0 aromatic heterocycles. The van der Waals surface area contributed by atoms with Crippen molar-refractivity contribution in [1.82, 2.24) is 15.5 Å². The van der Waals surface area contributed by atoms with Gasteiger partial charge in [-0.1, -0.05) is 17.7 Å². The van der Waals surface area contributed by atoms with E-state index in [0.29, 0.717) is 6.04 Å². The zero-order valence-corrected chi connectivity index (χ0v) is 14.5. The van der Waals surface area contributed by atoms with E-state index in [1.807, 2.05) is 25.2 Å². The molecule has 1 aliphatic carbocycles. The fourth-order valence-corrected chi connectivity index (χ4v) is 3.04. The molecule has 0 amide bonds. The van der Waals surface area contributed by atoms with E-state index in [4.69, 9.17) is 11.6 Å². The molecule has 23 heavy (non-hydrogen) atoms. The first-order valence-electron chi connectivity index (χ1n) is 8.44. The molecule has 0 unspecified atom stereocenters. The summed E-state index contributed by atoms with van der Waals surface area (Å²) in [5, 5.41) is 7.63. The first kappa shape index (κ1) is 16.4. The van der Waals surface area contributed by atoms with Crippen LogP contribution in [0.3, 0.4) is 0 Å². The first-order valence-corrected chi connectivity index (χ1v) is 8.82. The summed E-state index contributed by atoms with van der Waals surface area (Å²) < 4.78 is 0. The number of aliphatic imine (C=N–C) groups is 1. The van der Waals surface area contributed by atoms with Gasteiger partial charge in [0.05, 0.1) is 0 Å². The molecule has 1 heterocycles. The van der Waals surface area contributed by atoms with Gasteiger partial charge in [-0.25, -0.2) is 0 Å². The Hall–Kier alpha value is -1.46. The average Bonchev–Trinajstić information content (AvgIpc) is 3.38. The third kappa shape index (κ3) is 5.01. The van der Waals surface area contributed by atoms with Crippen molar-refractivity contribution in [2.75, 3.05) is 51.2 Å². The van der Waals surface area contributed by atoms with Gasteiger partial charge >= 0.3 is 0 Å². The van der Waals surface area contributed by atoms with Crippen LogP contribution < -0.4 is 15.5 Å². The molecular formula is C17H26ClN5. The standard InChI is InChI=1S/C17H26ClN5/c1-19-17(21-15-5-6-15)20-7-8-22-9-11-23(12-10-22)16-4-2-3-14(18)13-16/h2-4,13,15H,5-12H2,1H3,(H2,19,20,21). The zero-order chi connectivity index (χ0) is 16.1. The normalized spacial score (nSPS) is 19.7. The van der Waals surface area contributed by atoms with E-state index in [1.54, 1.807) is 0 Å². The summed E-state index contributed by atoms with van der Waals surface area (Å²) in [7, 11) is 1.83. The Kier molecular flexibility index (Phi) is 5.62. The van der Waals surface area contributed by atoms with Crippen LogP contribution in [0.15, 0.2) is 29.3 Å². The van der Waals surface area contributed by atoms with Gasteiger partial charge in [0.2, 0.25) is 0 Å². The number of guanidine groups is 1. The maximum absolute atomic E-state index is 6.08. The fraction of sp³-hybridized carbons (Fsp3) is 0.588. The van der Waals surface area contributed by atoms with E-state index in [9.17, 15) is 0 Å². The highest BCUT2D eigenvalue weighted by atomic mass is 35.5. The highest BCUT2D eigenvalue weighted by Crippen LogP contribution is 2.20. The van der Waals surface area contributed by atoms with Crippen molar-refractivity contribution in [3.05, 3.63) is 29.3 Å². The van der Waals surface area contributed by atoms with Gasteiger partial charge in [-0.15, -0.1) is 0 Å². The molecule has 1 aliphatic heterocycles. The van der Waals surface area contributed by atoms with E-state index in [0.717, 1.165) is 50.3 Å². The second kappa shape index (κ2) is 7.88. The van der Waals surface area contributed by atoms with Gasteiger partial charge in [0, 0.05) is 63.1 Å². The lowest BCUT2D eigenvalue weighted by molar-refractivity contribution is 0.261. The molecule has 1 saturated heterocycles. The third-order valence-electron chi connectivity index (χ3n) is 4.41. The van der Waals surface area contributed by atoms with Crippen LogP contribution in [0, 0.1) is 0 Å². The number of piperazine rings is 1. The maximum Gasteiger partial charge on any atom is 0.191 e. The molecule has 3 rings (SSSR count). The molecule has 1 aromatic carbocycles. The molecule has 1 aromatic rings. The van der Waals surface area contributed by atoms with Gasteiger partial charge < -0.3 is 15.5 Å². The smallest absolute Gasteiger partial charge is 0.191 e. The quantitative estimate of drug-likeness (QED) is 0.636. The second-order valence-corrected chi connectivity index (χ2v) is 6.66. The number of benzene rings is 1. The molecule has 0 radical (unpaired) electrons. The van der Waals surface area contributed by atoms with Crippen LogP contribution in [0.25, 0.3) is 0 Å². The van der Waals surface area contributed by atoms with Crippen molar-refractivity contribution in [3.63, 3.8) is 0 Å². The van der Waals surface area contributed by atoms with Crippen LogP contribution in [0.4, 0.5) is 5.69 Å². The molecule has 0 bridgehead atoms. The monoisotopic (exact) mass is 335 g/mol. The van der Waals surface area contributed by atoms with Crippen LogP contribution in [-0.4, -0.2) is 63.2 Å². The Morgan fingerprint density at radius 1 is 1.26 bits per heavy atom. The lowest BCUT2D eigenvalue weighted by Gasteiger charge is -2.36. The second-order valence-electron chi connectivity index (χ2n) is 6.23. The molecule has 6 heteroatoms. The fourth-order valence-electron chi connectivity index (χ4n) is 2.85. The zero-order valence-electron chi connectivity index (χ0n) is 13.8. The first-order chi connectivity index (χ1) is 11.2. The Morgan fingerprint density at radius 3 is 2.70 bits per heavy atom. The van der Waals surface area contributed by atoms with Crippen LogP contribution in [-0.2, 0) is 0 Å². The summed E-state index contributed by atoms with van der Waals surface area (Å²) in [5.41, 5.74) is 1.23. The molecular weight excluding hydrogens is 310 g/mol. The minimum atomic E-state index is 0.641. The van der Waals surface area contributed by atoms with E-state index in [1.165, 1.54) is 18.5 Å². The molecule has 2 N–H and O–H groups in total. The van der Waals surface area contributed by atoms with E-state index in [2.05, 4.69) is 31.5 Å². The summed E-state index contributed by atoms with van der Waals surface area (Å²) in [4.78, 5) is 9.17. The highest BCUT2D eigenvalue weighted by molar-refractivity contribution is 6.30. The van der Waals surface area contributed by atoms with Crippen LogP contribution in [0.5, 0.6) is 0 Å². The summed E-state index contributed by atoms with van der Waals surface area (Å²) in [6.07, 6.45) is 2.54. The third-order valence-corrected chi connectivity index (χ3v) is 4.64. The Morgan fingerprint density at radius 2 is 2.04 bits per heavy atom. The van der Waals surface area contributed by atoms with Crippen molar-refractivity contribution in [1.29, 1.82) is 0 Å². The van der Waals surface area contributed by atoms with Crippen molar-refractivity contribution in [2.45, 2.75) is 18.9 Å². The lowest BCUT2D eigenvalue weighted by Crippen LogP contribution is -2.49. The van der Waals surface area contributed by atoms with Gasteiger partial charge in [-0.05, 0) is 31.0 Å². The number of nitrogens with one attached hydrogen (secondary N) is 2. The molecule has 0 spiro atoms. The van der Waals surface area contributed by atoms with Crippen molar-refractivity contribution in [3.8, 4) is 0 Å². The lowest BCUT2D eigenvalue weighted by atomic mass is 10.2. The summed E-state index contributed by atoms with van der Waals surface area (Å²) in [6, 6.07) is 8.77. The largest absolute Gasteiger partial charge is 0.369 e. The number of hydrogen-bond donors (Lipinski definition) is 2. The van der Waals surface area contributed by atoms with Crippen LogP contribution in [0.1, 0.15) is 12.8 Å². The highest BCUT2D eigenvalue weighted by Gasteiger charge is 2.22. The SMILES string of the molecule is CN=C(NCCN1CCN(c2cccc(Cl)c2)CC1)NC1CC1. The van der Waals surface area contributed by atoms with E-state index < -0.39 is 0 Å². The van der Waals surface area contributed by atoms with Gasteiger partial charge in [0.1, 0.15) is 0 Å². The number of nitrogens with zero attached hydrogens (tertiary/aromatic N) is 3. The molecule has 0 atom stereocenters. The average molecular weight is 336 g/mol.